The van der Waals surface area contributed by atoms with Crippen molar-refractivity contribution in [1.29, 1.82) is 0 Å². The van der Waals surface area contributed by atoms with Crippen LogP contribution in [-0.2, 0) is 4.84 Å². The molecule has 0 aliphatic carbocycles. The Labute approximate surface area is 48.4 Å². The van der Waals surface area contributed by atoms with Crippen LogP contribution in [0, 0.1) is 0 Å². The van der Waals surface area contributed by atoms with Crippen molar-refractivity contribution in [2.45, 2.75) is 19.3 Å². The summed E-state index contributed by atoms with van der Waals surface area (Å²) >= 11 is 1.68. The van der Waals surface area contributed by atoms with E-state index in [1.54, 1.807) is 11.8 Å². The summed E-state index contributed by atoms with van der Waals surface area (Å²) in [6.07, 6.45) is 0. The fourth-order valence-electron chi connectivity index (χ4n) is 0.274. The van der Waals surface area contributed by atoms with Crippen LogP contribution in [0.2, 0.25) is 0 Å². The standard InChI is InChI=1S/C4H11NOS/c1-3-7-4(2)6-5/h4H,3,5H2,1-2H3. The number of thioether (sulfide) groups is 1. The highest BCUT2D eigenvalue weighted by molar-refractivity contribution is 7.99. The van der Waals surface area contributed by atoms with Crippen molar-refractivity contribution in [2.24, 2.45) is 5.90 Å². The minimum absolute atomic E-state index is 0.144. The van der Waals surface area contributed by atoms with Gasteiger partial charge in [-0.1, -0.05) is 6.92 Å². The molecule has 0 aliphatic heterocycles. The van der Waals surface area contributed by atoms with Gasteiger partial charge in [0.2, 0.25) is 0 Å². The minimum Gasteiger partial charge on any atom is -0.291 e. The molecule has 1 atom stereocenters. The lowest BCUT2D eigenvalue weighted by molar-refractivity contribution is 0.127. The Kier molecular flexibility index (Phi) is 4.60. The van der Waals surface area contributed by atoms with Crippen molar-refractivity contribution in [2.75, 3.05) is 5.75 Å². The summed E-state index contributed by atoms with van der Waals surface area (Å²) < 4.78 is 0. The van der Waals surface area contributed by atoms with Gasteiger partial charge in [0.15, 0.2) is 0 Å². The SMILES string of the molecule is CCSC(C)ON. The van der Waals surface area contributed by atoms with Crippen molar-refractivity contribution in [3.05, 3.63) is 0 Å². The van der Waals surface area contributed by atoms with Gasteiger partial charge in [0.1, 0.15) is 5.44 Å². The van der Waals surface area contributed by atoms with Gasteiger partial charge in [0, 0.05) is 0 Å². The summed E-state index contributed by atoms with van der Waals surface area (Å²) in [5.41, 5.74) is 0.144. The lowest BCUT2D eigenvalue weighted by Crippen LogP contribution is -2.08. The highest BCUT2D eigenvalue weighted by Crippen LogP contribution is 2.06. The maximum absolute atomic E-state index is 4.84. The Hall–Kier alpha value is 0.270. The van der Waals surface area contributed by atoms with Crippen molar-refractivity contribution >= 4 is 11.8 Å². The third-order valence-electron chi connectivity index (χ3n) is 0.593. The molecule has 0 aliphatic rings. The van der Waals surface area contributed by atoms with E-state index >= 15 is 0 Å². The monoisotopic (exact) mass is 121 g/mol. The Bertz CT molecular complexity index is 42.7. The molecular weight excluding hydrogens is 110 g/mol. The second-order valence-corrected chi connectivity index (χ2v) is 2.73. The summed E-state index contributed by atoms with van der Waals surface area (Å²) in [4.78, 5) is 4.45. The molecule has 0 aromatic heterocycles. The first-order chi connectivity index (χ1) is 3.31. The van der Waals surface area contributed by atoms with E-state index in [1.807, 2.05) is 6.92 Å². The first kappa shape index (κ1) is 7.27. The molecule has 0 heterocycles. The molecule has 0 aromatic carbocycles. The Morgan fingerprint density at radius 3 is 2.57 bits per heavy atom. The maximum atomic E-state index is 4.84. The lowest BCUT2D eigenvalue weighted by atomic mass is 10.9. The van der Waals surface area contributed by atoms with Gasteiger partial charge in [0.25, 0.3) is 0 Å². The highest BCUT2D eigenvalue weighted by atomic mass is 32.2. The Morgan fingerprint density at radius 1 is 1.86 bits per heavy atom. The third-order valence-corrected chi connectivity index (χ3v) is 1.51. The zero-order valence-electron chi connectivity index (χ0n) is 4.68. The molecule has 0 radical (unpaired) electrons. The molecule has 0 amide bonds. The molecule has 0 rings (SSSR count). The van der Waals surface area contributed by atoms with Crippen LogP contribution < -0.4 is 5.90 Å². The molecule has 0 spiro atoms. The molecule has 2 nitrogen and oxygen atoms in total. The lowest BCUT2D eigenvalue weighted by Gasteiger charge is -2.03. The van der Waals surface area contributed by atoms with Gasteiger partial charge in [-0.05, 0) is 12.7 Å². The van der Waals surface area contributed by atoms with E-state index in [-0.39, 0.29) is 5.44 Å². The number of nitrogens with two attached hydrogens (primary N) is 1. The van der Waals surface area contributed by atoms with Crippen LogP contribution in [0.4, 0.5) is 0 Å². The van der Waals surface area contributed by atoms with Crippen molar-refractivity contribution in [3.63, 3.8) is 0 Å². The molecule has 0 bridgehead atoms. The first-order valence-electron chi connectivity index (χ1n) is 2.28. The largest absolute Gasteiger partial charge is 0.291 e. The van der Waals surface area contributed by atoms with E-state index in [0.29, 0.717) is 0 Å². The van der Waals surface area contributed by atoms with E-state index in [0.717, 1.165) is 5.75 Å². The van der Waals surface area contributed by atoms with E-state index in [1.165, 1.54) is 0 Å². The van der Waals surface area contributed by atoms with Crippen molar-refractivity contribution < 1.29 is 4.84 Å². The van der Waals surface area contributed by atoms with Crippen LogP contribution in [0.3, 0.4) is 0 Å². The average Bonchev–Trinajstić information content (AvgIpc) is 1.68. The van der Waals surface area contributed by atoms with E-state index in [4.69, 9.17) is 5.90 Å². The quantitative estimate of drug-likeness (QED) is 0.446. The molecule has 0 saturated carbocycles. The Morgan fingerprint density at radius 2 is 2.43 bits per heavy atom. The second kappa shape index (κ2) is 4.43. The van der Waals surface area contributed by atoms with Gasteiger partial charge >= 0.3 is 0 Å². The molecule has 1 unspecified atom stereocenters. The Balaban J connectivity index is 2.83. The second-order valence-electron chi connectivity index (χ2n) is 1.16. The van der Waals surface area contributed by atoms with E-state index in [2.05, 4.69) is 11.8 Å². The fourth-order valence-corrected chi connectivity index (χ4v) is 0.822. The molecule has 2 N–H and O–H groups in total. The summed E-state index contributed by atoms with van der Waals surface area (Å²) in [5.74, 6) is 5.89. The third kappa shape index (κ3) is 4.12. The van der Waals surface area contributed by atoms with Gasteiger partial charge in [-0.2, -0.15) is 0 Å². The molecule has 44 valence electrons. The molecule has 3 heteroatoms. The van der Waals surface area contributed by atoms with Crippen LogP contribution in [0.25, 0.3) is 0 Å². The highest BCUT2D eigenvalue weighted by Gasteiger charge is 1.94. The molecular formula is C4H11NOS. The topological polar surface area (TPSA) is 35.2 Å². The van der Waals surface area contributed by atoms with Crippen LogP contribution in [0.1, 0.15) is 13.8 Å². The summed E-state index contributed by atoms with van der Waals surface area (Å²) in [6, 6.07) is 0. The molecule has 0 fully saturated rings. The number of rotatable bonds is 3. The zero-order chi connectivity index (χ0) is 5.70. The number of hydrogen-bond acceptors (Lipinski definition) is 3. The van der Waals surface area contributed by atoms with Gasteiger partial charge in [-0.15, -0.1) is 11.8 Å². The smallest absolute Gasteiger partial charge is 0.121 e. The molecule has 0 saturated heterocycles. The number of hydrogen-bond donors (Lipinski definition) is 1. The molecule has 7 heavy (non-hydrogen) atoms. The van der Waals surface area contributed by atoms with E-state index in [9.17, 15) is 0 Å². The van der Waals surface area contributed by atoms with Gasteiger partial charge in [0.05, 0.1) is 0 Å². The first-order valence-corrected chi connectivity index (χ1v) is 3.33. The summed E-state index contributed by atoms with van der Waals surface area (Å²) in [7, 11) is 0. The normalized spacial score (nSPS) is 14.1. The van der Waals surface area contributed by atoms with E-state index < -0.39 is 0 Å². The summed E-state index contributed by atoms with van der Waals surface area (Å²) in [6.45, 7) is 3.99. The van der Waals surface area contributed by atoms with Crippen LogP contribution in [-0.4, -0.2) is 11.2 Å². The van der Waals surface area contributed by atoms with Gasteiger partial charge < -0.3 is 0 Å². The zero-order valence-corrected chi connectivity index (χ0v) is 5.49. The summed E-state index contributed by atoms with van der Waals surface area (Å²) in [5, 5.41) is 0. The van der Waals surface area contributed by atoms with Crippen molar-refractivity contribution in [1.82, 2.24) is 0 Å². The predicted octanol–water partition coefficient (Wildman–Crippen LogP) is 0.976. The van der Waals surface area contributed by atoms with Gasteiger partial charge in [-0.3, -0.25) is 4.84 Å². The maximum Gasteiger partial charge on any atom is 0.121 e. The minimum atomic E-state index is 0.144. The predicted molar refractivity (Wildman–Crippen MR) is 32.9 cm³/mol. The van der Waals surface area contributed by atoms with Crippen LogP contribution in [0.15, 0.2) is 0 Å². The van der Waals surface area contributed by atoms with Gasteiger partial charge in [-0.25, -0.2) is 5.90 Å². The molecule has 0 aromatic rings. The van der Waals surface area contributed by atoms with Crippen LogP contribution >= 0.6 is 11.8 Å². The van der Waals surface area contributed by atoms with Crippen molar-refractivity contribution in [3.8, 4) is 0 Å². The average molecular weight is 121 g/mol. The fraction of sp³-hybridized carbons (Fsp3) is 1.00. The van der Waals surface area contributed by atoms with Crippen LogP contribution in [0.5, 0.6) is 0 Å².